The third kappa shape index (κ3) is 2.65. The summed E-state index contributed by atoms with van der Waals surface area (Å²) >= 11 is 0. The number of hydrogen-bond acceptors (Lipinski definition) is 3. The molecule has 6 nitrogen and oxygen atoms in total. The molecule has 2 atom stereocenters. The standard InChI is InChI=1S/C17H18FN3O3/c18-11-4-1-3-10(7-11)15-14-13(19-17(23)20-15)9-21(16(14)22)8-12-5-2-6-24-12/h1,3-4,7,12,15H,2,5-6,8-9H2,(H2,19,20,23). The van der Waals surface area contributed by atoms with Gasteiger partial charge in [0.15, 0.2) is 0 Å². The van der Waals surface area contributed by atoms with Crippen molar-refractivity contribution in [3.05, 3.63) is 46.9 Å². The van der Waals surface area contributed by atoms with E-state index in [0.29, 0.717) is 29.9 Å². The van der Waals surface area contributed by atoms with E-state index in [1.165, 1.54) is 12.1 Å². The summed E-state index contributed by atoms with van der Waals surface area (Å²) in [7, 11) is 0. The first-order valence-corrected chi connectivity index (χ1v) is 8.09. The molecule has 0 bridgehead atoms. The van der Waals surface area contributed by atoms with Crippen LogP contribution in [0.3, 0.4) is 0 Å². The van der Waals surface area contributed by atoms with Gasteiger partial charge in [-0.15, -0.1) is 0 Å². The monoisotopic (exact) mass is 331 g/mol. The van der Waals surface area contributed by atoms with Crippen LogP contribution in [0.5, 0.6) is 0 Å². The SMILES string of the molecule is O=C1NC2=C(C(=O)N(CC3CCCO3)C2)C(c2cccc(F)c2)N1. The number of benzene rings is 1. The van der Waals surface area contributed by atoms with Gasteiger partial charge >= 0.3 is 6.03 Å². The lowest BCUT2D eigenvalue weighted by Crippen LogP contribution is -2.44. The van der Waals surface area contributed by atoms with E-state index < -0.39 is 11.9 Å². The van der Waals surface area contributed by atoms with Gasteiger partial charge in [-0.05, 0) is 30.5 Å². The Bertz CT molecular complexity index is 728. The summed E-state index contributed by atoms with van der Waals surface area (Å²) in [4.78, 5) is 26.5. The fourth-order valence-electron chi connectivity index (χ4n) is 3.55. The molecule has 1 aromatic carbocycles. The largest absolute Gasteiger partial charge is 0.376 e. The third-order valence-corrected chi connectivity index (χ3v) is 4.65. The van der Waals surface area contributed by atoms with E-state index in [0.717, 1.165) is 19.4 Å². The van der Waals surface area contributed by atoms with Crippen LogP contribution in [0, 0.1) is 5.82 Å². The van der Waals surface area contributed by atoms with Gasteiger partial charge < -0.3 is 20.3 Å². The molecule has 24 heavy (non-hydrogen) atoms. The number of amides is 3. The first-order valence-electron chi connectivity index (χ1n) is 8.09. The normalized spacial score (nSPS) is 26.5. The van der Waals surface area contributed by atoms with E-state index in [-0.39, 0.29) is 18.0 Å². The average Bonchev–Trinajstić information content (AvgIpc) is 3.16. The van der Waals surface area contributed by atoms with Crippen molar-refractivity contribution in [2.45, 2.75) is 25.0 Å². The molecule has 126 valence electrons. The number of carbonyl (C=O) groups is 2. The van der Waals surface area contributed by atoms with Crippen LogP contribution in [0.2, 0.25) is 0 Å². The lowest BCUT2D eigenvalue weighted by Gasteiger charge is -2.25. The molecule has 0 aliphatic carbocycles. The Labute approximate surface area is 138 Å². The number of hydrogen-bond donors (Lipinski definition) is 2. The molecule has 0 spiro atoms. The van der Waals surface area contributed by atoms with Crippen LogP contribution >= 0.6 is 0 Å². The Balaban J connectivity index is 1.61. The van der Waals surface area contributed by atoms with Gasteiger partial charge in [0.05, 0.1) is 30.0 Å². The minimum absolute atomic E-state index is 0.0478. The lowest BCUT2D eigenvalue weighted by molar-refractivity contribution is -0.127. The highest BCUT2D eigenvalue weighted by Gasteiger charge is 2.41. The summed E-state index contributed by atoms with van der Waals surface area (Å²) in [5, 5.41) is 5.43. The Morgan fingerprint density at radius 3 is 2.96 bits per heavy atom. The predicted octanol–water partition coefficient (Wildman–Crippen LogP) is 1.45. The van der Waals surface area contributed by atoms with E-state index in [1.807, 2.05) is 0 Å². The topological polar surface area (TPSA) is 70.7 Å². The predicted molar refractivity (Wildman–Crippen MR) is 83.4 cm³/mol. The first kappa shape index (κ1) is 15.1. The van der Waals surface area contributed by atoms with Gasteiger partial charge in [0.2, 0.25) is 0 Å². The summed E-state index contributed by atoms with van der Waals surface area (Å²) < 4.78 is 19.2. The Hall–Kier alpha value is -2.41. The highest BCUT2D eigenvalue weighted by Crippen LogP contribution is 2.33. The number of rotatable bonds is 3. The van der Waals surface area contributed by atoms with Crippen molar-refractivity contribution in [3.8, 4) is 0 Å². The zero-order valence-electron chi connectivity index (χ0n) is 13.0. The fraction of sp³-hybridized carbons (Fsp3) is 0.412. The van der Waals surface area contributed by atoms with Gasteiger partial charge in [0.25, 0.3) is 5.91 Å². The van der Waals surface area contributed by atoms with E-state index in [4.69, 9.17) is 4.74 Å². The maximum atomic E-state index is 13.6. The number of urea groups is 1. The summed E-state index contributed by atoms with van der Waals surface area (Å²) in [5.74, 6) is -0.536. The van der Waals surface area contributed by atoms with Crippen LogP contribution < -0.4 is 10.6 Å². The quantitative estimate of drug-likeness (QED) is 0.881. The molecule has 3 aliphatic heterocycles. The van der Waals surface area contributed by atoms with E-state index in [1.54, 1.807) is 17.0 Å². The van der Waals surface area contributed by atoms with Crippen LogP contribution in [0.25, 0.3) is 0 Å². The van der Waals surface area contributed by atoms with E-state index >= 15 is 0 Å². The van der Waals surface area contributed by atoms with Crippen molar-refractivity contribution in [3.63, 3.8) is 0 Å². The minimum Gasteiger partial charge on any atom is -0.376 e. The number of carbonyl (C=O) groups excluding carboxylic acids is 2. The Kier molecular flexibility index (Phi) is 3.72. The molecule has 0 radical (unpaired) electrons. The molecule has 3 amide bonds. The molecule has 3 aliphatic rings. The van der Waals surface area contributed by atoms with Gasteiger partial charge in [-0.2, -0.15) is 0 Å². The molecular formula is C17H18FN3O3. The van der Waals surface area contributed by atoms with Crippen molar-refractivity contribution in [1.82, 2.24) is 15.5 Å². The zero-order chi connectivity index (χ0) is 16.7. The second kappa shape index (κ2) is 5.90. The Morgan fingerprint density at radius 2 is 2.21 bits per heavy atom. The van der Waals surface area contributed by atoms with Crippen LogP contribution in [0.1, 0.15) is 24.4 Å². The highest BCUT2D eigenvalue weighted by molar-refractivity contribution is 6.01. The summed E-state index contributed by atoms with van der Waals surface area (Å²) in [5.41, 5.74) is 1.64. The summed E-state index contributed by atoms with van der Waals surface area (Å²) in [6.45, 7) is 1.59. The molecule has 4 rings (SSSR count). The van der Waals surface area contributed by atoms with Gasteiger partial charge in [-0.25, -0.2) is 9.18 Å². The summed E-state index contributed by atoms with van der Waals surface area (Å²) in [6.07, 6.45) is 1.99. The zero-order valence-corrected chi connectivity index (χ0v) is 13.0. The van der Waals surface area contributed by atoms with Crippen molar-refractivity contribution in [2.24, 2.45) is 0 Å². The van der Waals surface area contributed by atoms with Crippen LogP contribution in [-0.2, 0) is 9.53 Å². The fourth-order valence-corrected chi connectivity index (χ4v) is 3.55. The van der Waals surface area contributed by atoms with Crippen molar-refractivity contribution < 1.29 is 18.7 Å². The maximum absolute atomic E-state index is 13.6. The van der Waals surface area contributed by atoms with Crippen LogP contribution in [0.15, 0.2) is 35.5 Å². The smallest absolute Gasteiger partial charge is 0.319 e. The van der Waals surface area contributed by atoms with Gasteiger partial charge in [0, 0.05) is 13.2 Å². The van der Waals surface area contributed by atoms with E-state index in [9.17, 15) is 14.0 Å². The lowest BCUT2D eigenvalue weighted by atomic mass is 9.96. The number of nitrogens with one attached hydrogen (secondary N) is 2. The molecule has 2 unspecified atom stereocenters. The molecule has 1 aromatic rings. The minimum atomic E-state index is -0.633. The molecular weight excluding hydrogens is 313 g/mol. The number of halogens is 1. The van der Waals surface area contributed by atoms with Gasteiger partial charge in [-0.3, -0.25) is 4.79 Å². The molecule has 0 saturated carbocycles. The number of nitrogens with zero attached hydrogens (tertiary/aromatic N) is 1. The Morgan fingerprint density at radius 1 is 1.33 bits per heavy atom. The van der Waals surface area contributed by atoms with Crippen molar-refractivity contribution >= 4 is 11.9 Å². The molecule has 2 N–H and O–H groups in total. The van der Waals surface area contributed by atoms with Gasteiger partial charge in [-0.1, -0.05) is 12.1 Å². The summed E-state index contributed by atoms with van der Waals surface area (Å²) in [6, 6.07) is 4.95. The van der Waals surface area contributed by atoms with E-state index in [2.05, 4.69) is 10.6 Å². The molecule has 1 fully saturated rings. The average molecular weight is 331 g/mol. The first-order chi connectivity index (χ1) is 11.6. The van der Waals surface area contributed by atoms with Crippen molar-refractivity contribution in [2.75, 3.05) is 19.7 Å². The van der Waals surface area contributed by atoms with Crippen LogP contribution in [0.4, 0.5) is 9.18 Å². The van der Waals surface area contributed by atoms with Gasteiger partial charge in [0.1, 0.15) is 5.82 Å². The van der Waals surface area contributed by atoms with Crippen molar-refractivity contribution in [1.29, 1.82) is 0 Å². The second-order valence-corrected chi connectivity index (χ2v) is 6.30. The maximum Gasteiger partial charge on any atom is 0.319 e. The highest BCUT2D eigenvalue weighted by atomic mass is 19.1. The molecule has 3 heterocycles. The second-order valence-electron chi connectivity index (χ2n) is 6.30. The third-order valence-electron chi connectivity index (χ3n) is 4.65. The molecule has 1 saturated heterocycles. The molecule has 7 heteroatoms. The van der Waals surface area contributed by atoms with Crippen LogP contribution in [-0.4, -0.2) is 42.6 Å². The number of ether oxygens (including phenoxy) is 1. The molecule has 0 aromatic heterocycles.